The van der Waals surface area contributed by atoms with E-state index in [1.807, 2.05) is 38.2 Å². The van der Waals surface area contributed by atoms with Crippen LogP contribution in [0.3, 0.4) is 0 Å². The number of aliphatic hydroxyl groups is 1. The Bertz CT molecular complexity index is 1160. The number of hydrogen-bond donors (Lipinski definition) is 1. The number of ether oxygens (including phenoxy) is 3. The van der Waals surface area contributed by atoms with E-state index in [-0.39, 0.29) is 31.6 Å². The number of benzene rings is 1. The minimum atomic E-state index is -1.39. The molecule has 39 heavy (non-hydrogen) atoms. The number of carbonyl (C=O) groups excluding carboxylic acids is 3. The number of cyclic esters (lactones) is 1. The number of aliphatic hydroxyl groups excluding tert-OH is 1. The minimum absolute atomic E-state index is 0.265. The fourth-order valence-corrected chi connectivity index (χ4v) is 6.78. The van der Waals surface area contributed by atoms with E-state index < -0.39 is 41.1 Å². The molecule has 4 aliphatic heterocycles. The summed E-state index contributed by atoms with van der Waals surface area (Å²) in [6.07, 6.45) is 10.9. The number of rotatable bonds is 6. The Labute approximate surface area is 229 Å². The van der Waals surface area contributed by atoms with E-state index in [0.29, 0.717) is 24.3 Å². The average Bonchev–Trinajstić information content (AvgIpc) is 3.31. The van der Waals surface area contributed by atoms with Gasteiger partial charge in [0.1, 0.15) is 28.9 Å². The summed E-state index contributed by atoms with van der Waals surface area (Å²) in [6, 6.07) is 5.49. The Hall–Kier alpha value is -3.17. The number of esters is 1. The number of anilines is 1. The third kappa shape index (κ3) is 4.26. The highest BCUT2D eigenvalue weighted by atomic mass is 16.6. The van der Waals surface area contributed by atoms with Gasteiger partial charge in [0.15, 0.2) is 0 Å². The van der Waals surface area contributed by atoms with Gasteiger partial charge in [0, 0.05) is 12.2 Å². The molecule has 0 saturated carbocycles. The summed E-state index contributed by atoms with van der Waals surface area (Å²) < 4.78 is 17.9. The standard InChI is InChI=1S/C30H38N2O7/c1-4-20(19-33)32-25-27(35)31(21-11-13-22(37-3)14-12-21)17-10-16-30(25)23(26(32)34)24-28(36)38-18-9-7-6-8-15-29(24,5-2)39-30/h8,10-16,20,23-25,33H,4-7,9,17-19H2,1-3H3/b15-8-/t20-,23-,24+,25?,29-,30-/m0/s1. The number of likely N-dealkylation sites (tertiary alicyclic amines) is 1. The molecule has 9 heteroatoms. The summed E-state index contributed by atoms with van der Waals surface area (Å²) in [5.74, 6) is -2.38. The molecule has 6 atom stereocenters. The first-order valence-corrected chi connectivity index (χ1v) is 14.0. The predicted molar refractivity (Wildman–Crippen MR) is 144 cm³/mol. The second-order valence-corrected chi connectivity index (χ2v) is 10.7. The highest BCUT2D eigenvalue weighted by Gasteiger charge is 2.75. The Balaban J connectivity index is 1.67. The van der Waals surface area contributed by atoms with Gasteiger partial charge < -0.3 is 29.1 Å². The molecule has 210 valence electrons. The van der Waals surface area contributed by atoms with Gasteiger partial charge in [-0.2, -0.15) is 0 Å². The van der Waals surface area contributed by atoms with Crippen molar-refractivity contribution in [3.8, 4) is 5.75 Å². The number of amides is 2. The monoisotopic (exact) mass is 538 g/mol. The molecular weight excluding hydrogens is 500 g/mol. The maximum atomic E-state index is 14.5. The topological polar surface area (TPSA) is 106 Å². The van der Waals surface area contributed by atoms with Crippen LogP contribution in [-0.2, 0) is 23.9 Å². The highest BCUT2D eigenvalue weighted by molar-refractivity contribution is 6.05. The average molecular weight is 539 g/mol. The van der Waals surface area contributed by atoms with Gasteiger partial charge in [-0.25, -0.2) is 0 Å². The van der Waals surface area contributed by atoms with Gasteiger partial charge in [-0.05, 0) is 56.4 Å². The third-order valence-corrected chi connectivity index (χ3v) is 8.78. The van der Waals surface area contributed by atoms with Crippen molar-refractivity contribution in [3.05, 3.63) is 48.6 Å². The molecule has 5 rings (SSSR count). The van der Waals surface area contributed by atoms with E-state index in [0.717, 1.165) is 19.3 Å². The molecular formula is C30H38N2O7. The Morgan fingerprint density at radius 2 is 1.82 bits per heavy atom. The van der Waals surface area contributed by atoms with Gasteiger partial charge in [-0.3, -0.25) is 14.4 Å². The first-order chi connectivity index (χ1) is 18.9. The summed E-state index contributed by atoms with van der Waals surface area (Å²) in [5, 5.41) is 10.3. The lowest BCUT2D eigenvalue weighted by Crippen LogP contribution is -2.59. The van der Waals surface area contributed by atoms with Crippen LogP contribution in [0.25, 0.3) is 0 Å². The third-order valence-electron chi connectivity index (χ3n) is 8.78. The fourth-order valence-electron chi connectivity index (χ4n) is 6.78. The lowest BCUT2D eigenvalue weighted by molar-refractivity contribution is -0.161. The van der Waals surface area contributed by atoms with Crippen LogP contribution in [-0.4, -0.2) is 77.9 Å². The number of methoxy groups -OCH3 is 1. The zero-order valence-corrected chi connectivity index (χ0v) is 22.9. The molecule has 1 aromatic rings. The van der Waals surface area contributed by atoms with Crippen LogP contribution in [0.2, 0.25) is 0 Å². The van der Waals surface area contributed by atoms with E-state index >= 15 is 0 Å². The SMILES string of the molecule is CC[C@@H](CO)N1C(=O)[C@@H]2[C@@H]3C(=O)OCCCC/C=C\[C@]3(CC)O[C@@]23C=CCN(c2ccc(OC)cc2)C(=O)C13. The summed E-state index contributed by atoms with van der Waals surface area (Å²) in [6.45, 7) is 4.03. The highest BCUT2D eigenvalue weighted by Crippen LogP contribution is 2.58. The van der Waals surface area contributed by atoms with Gasteiger partial charge in [0.2, 0.25) is 5.91 Å². The van der Waals surface area contributed by atoms with E-state index in [1.165, 1.54) is 4.90 Å². The van der Waals surface area contributed by atoms with Crippen LogP contribution >= 0.6 is 0 Å². The van der Waals surface area contributed by atoms with E-state index in [2.05, 4.69) is 0 Å². The predicted octanol–water partition coefficient (Wildman–Crippen LogP) is 3.01. The van der Waals surface area contributed by atoms with Crippen molar-refractivity contribution < 1.29 is 33.7 Å². The van der Waals surface area contributed by atoms with Crippen LogP contribution in [0.15, 0.2) is 48.6 Å². The molecule has 2 amide bonds. The maximum Gasteiger partial charge on any atom is 0.313 e. The van der Waals surface area contributed by atoms with E-state index in [9.17, 15) is 19.5 Å². The number of carbonyl (C=O) groups is 3. The molecule has 0 aliphatic carbocycles. The molecule has 0 bridgehead atoms. The molecule has 4 aliphatic rings. The summed E-state index contributed by atoms with van der Waals surface area (Å²) in [7, 11) is 1.58. The van der Waals surface area contributed by atoms with Gasteiger partial charge in [-0.1, -0.05) is 38.2 Å². The summed E-state index contributed by atoms with van der Waals surface area (Å²) >= 11 is 0. The van der Waals surface area contributed by atoms with Crippen LogP contribution in [0, 0.1) is 11.8 Å². The molecule has 1 aromatic carbocycles. The minimum Gasteiger partial charge on any atom is -0.497 e. The van der Waals surface area contributed by atoms with Crippen molar-refractivity contribution in [3.63, 3.8) is 0 Å². The van der Waals surface area contributed by atoms with E-state index in [4.69, 9.17) is 14.2 Å². The normalized spacial score (nSPS) is 34.1. The van der Waals surface area contributed by atoms with Gasteiger partial charge in [0.05, 0.1) is 32.3 Å². The van der Waals surface area contributed by atoms with Crippen molar-refractivity contribution in [1.29, 1.82) is 0 Å². The van der Waals surface area contributed by atoms with Crippen molar-refractivity contribution >= 4 is 23.5 Å². The molecule has 4 heterocycles. The molecule has 0 radical (unpaired) electrons. The molecule has 2 fully saturated rings. The second kappa shape index (κ2) is 10.8. The lowest BCUT2D eigenvalue weighted by Gasteiger charge is -2.40. The molecule has 1 unspecified atom stereocenters. The molecule has 0 aromatic heterocycles. The van der Waals surface area contributed by atoms with Crippen molar-refractivity contribution in [2.24, 2.45) is 11.8 Å². The van der Waals surface area contributed by atoms with Gasteiger partial charge in [0.25, 0.3) is 5.91 Å². The number of fused-ring (bicyclic) bond motifs is 2. The van der Waals surface area contributed by atoms with Crippen molar-refractivity contribution in [2.45, 2.75) is 69.2 Å². The van der Waals surface area contributed by atoms with Crippen LogP contribution in [0.4, 0.5) is 5.69 Å². The molecule has 1 N–H and O–H groups in total. The smallest absolute Gasteiger partial charge is 0.313 e. The second-order valence-electron chi connectivity index (χ2n) is 10.7. The number of allylic oxidation sites excluding steroid dienone is 1. The number of hydrogen-bond acceptors (Lipinski definition) is 7. The molecule has 2 saturated heterocycles. The Morgan fingerprint density at radius 1 is 1.05 bits per heavy atom. The van der Waals surface area contributed by atoms with Gasteiger partial charge in [-0.15, -0.1) is 0 Å². The van der Waals surface area contributed by atoms with Gasteiger partial charge >= 0.3 is 5.97 Å². The number of nitrogens with zero attached hydrogens (tertiary/aromatic N) is 2. The first-order valence-electron chi connectivity index (χ1n) is 14.0. The van der Waals surface area contributed by atoms with Crippen molar-refractivity contribution in [1.82, 2.24) is 4.90 Å². The van der Waals surface area contributed by atoms with Crippen LogP contribution in [0.5, 0.6) is 5.75 Å². The summed E-state index contributed by atoms with van der Waals surface area (Å²) in [5.41, 5.74) is -1.84. The van der Waals surface area contributed by atoms with Crippen molar-refractivity contribution in [2.75, 3.05) is 31.8 Å². The van der Waals surface area contributed by atoms with Crippen LogP contribution < -0.4 is 9.64 Å². The molecule has 1 spiro atoms. The van der Waals surface area contributed by atoms with E-state index in [1.54, 1.807) is 36.3 Å². The molecule has 9 nitrogen and oxygen atoms in total. The quantitative estimate of drug-likeness (QED) is 0.439. The lowest BCUT2D eigenvalue weighted by atomic mass is 9.73. The fraction of sp³-hybridized carbons (Fsp3) is 0.567. The zero-order chi connectivity index (χ0) is 27.8. The largest absolute Gasteiger partial charge is 0.497 e. The summed E-state index contributed by atoms with van der Waals surface area (Å²) in [4.78, 5) is 45.7. The Morgan fingerprint density at radius 3 is 2.49 bits per heavy atom. The maximum absolute atomic E-state index is 14.5. The Kier molecular flexibility index (Phi) is 7.57. The first kappa shape index (κ1) is 27.4. The van der Waals surface area contributed by atoms with Crippen LogP contribution in [0.1, 0.15) is 46.0 Å². The zero-order valence-electron chi connectivity index (χ0n) is 22.9.